The molecule has 1 aliphatic rings. The molecule has 0 fully saturated rings. The maximum absolute atomic E-state index is 12.4. The summed E-state index contributed by atoms with van der Waals surface area (Å²) in [5.74, 6) is 1.09. The van der Waals surface area contributed by atoms with Crippen LogP contribution in [0, 0.1) is 10.5 Å². The van der Waals surface area contributed by atoms with Crippen LogP contribution < -0.4 is 9.47 Å². The van der Waals surface area contributed by atoms with Gasteiger partial charge in [0, 0.05) is 5.56 Å². The Kier molecular flexibility index (Phi) is 6.36. The standard InChI is InChI=1S/C25H20INO4/c1-16-8-6-7-11-19(16)24-27-21(25(28)31-24)13-18-12-20(26)23(22(14-18)29-2)30-15-17-9-4-3-5-10-17/h3-14H,15H2,1-2H3/b21-13-. The highest BCUT2D eigenvalue weighted by Crippen LogP contribution is 2.35. The third kappa shape index (κ3) is 4.80. The highest BCUT2D eigenvalue weighted by molar-refractivity contribution is 14.1. The van der Waals surface area contributed by atoms with Crippen molar-refractivity contribution in [3.05, 3.63) is 98.3 Å². The topological polar surface area (TPSA) is 57.1 Å². The highest BCUT2D eigenvalue weighted by Gasteiger charge is 2.25. The summed E-state index contributed by atoms with van der Waals surface area (Å²) in [6.07, 6.45) is 1.69. The lowest BCUT2D eigenvalue weighted by atomic mass is 10.1. The lowest BCUT2D eigenvalue weighted by Crippen LogP contribution is -2.06. The molecule has 3 aromatic rings. The molecule has 0 aliphatic carbocycles. The zero-order valence-electron chi connectivity index (χ0n) is 17.1. The summed E-state index contributed by atoms with van der Waals surface area (Å²) in [6.45, 7) is 2.39. The van der Waals surface area contributed by atoms with Gasteiger partial charge >= 0.3 is 5.97 Å². The van der Waals surface area contributed by atoms with E-state index in [4.69, 9.17) is 14.2 Å². The van der Waals surface area contributed by atoms with E-state index in [1.54, 1.807) is 13.2 Å². The molecular formula is C25H20INO4. The normalized spacial score (nSPS) is 14.4. The van der Waals surface area contributed by atoms with E-state index in [0.717, 1.165) is 25.8 Å². The van der Waals surface area contributed by atoms with Gasteiger partial charge in [-0.2, -0.15) is 0 Å². The van der Waals surface area contributed by atoms with Gasteiger partial charge in [-0.15, -0.1) is 0 Å². The van der Waals surface area contributed by atoms with E-state index in [9.17, 15) is 4.79 Å². The number of methoxy groups -OCH3 is 1. The molecule has 31 heavy (non-hydrogen) atoms. The van der Waals surface area contributed by atoms with Gasteiger partial charge in [0.2, 0.25) is 5.90 Å². The number of esters is 1. The van der Waals surface area contributed by atoms with Gasteiger partial charge in [0.1, 0.15) is 6.61 Å². The van der Waals surface area contributed by atoms with Gasteiger partial charge in [-0.25, -0.2) is 9.79 Å². The van der Waals surface area contributed by atoms with Gasteiger partial charge in [-0.05, 0) is 70.5 Å². The minimum Gasteiger partial charge on any atom is -0.493 e. The number of ether oxygens (including phenoxy) is 3. The van der Waals surface area contributed by atoms with Crippen molar-refractivity contribution in [3.8, 4) is 11.5 Å². The van der Waals surface area contributed by atoms with Crippen LogP contribution in [-0.2, 0) is 16.1 Å². The summed E-state index contributed by atoms with van der Waals surface area (Å²) in [5, 5.41) is 0. The molecule has 0 atom stereocenters. The first kappa shape index (κ1) is 21.1. The molecule has 0 radical (unpaired) electrons. The van der Waals surface area contributed by atoms with Crippen molar-refractivity contribution in [1.29, 1.82) is 0 Å². The van der Waals surface area contributed by atoms with Crippen LogP contribution in [0.25, 0.3) is 6.08 Å². The Morgan fingerprint density at radius 3 is 2.55 bits per heavy atom. The number of hydrogen-bond donors (Lipinski definition) is 0. The monoisotopic (exact) mass is 525 g/mol. The minimum absolute atomic E-state index is 0.245. The predicted octanol–water partition coefficient (Wildman–Crippen LogP) is 5.53. The first-order valence-corrected chi connectivity index (χ1v) is 10.8. The van der Waals surface area contributed by atoms with Crippen LogP contribution in [0.4, 0.5) is 0 Å². The van der Waals surface area contributed by atoms with Crippen LogP contribution in [0.2, 0.25) is 0 Å². The Labute approximate surface area is 194 Å². The molecule has 5 nitrogen and oxygen atoms in total. The van der Waals surface area contributed by atoms with Crippen molar-refractivity contribution in [2.75, 3.05) is 7.11 Å². The van der Waals surface area contributed by atoms with Crippen LogP contribution >= 0.6 is 22.6 Å². The summed E-state index contributed by atoms with van der Waals surface area (Å²) < 4.78 is 17.8. The van der Waals surface area contributed by atoms with Crippen molar-refractivity contribution in [1.82, 2.24) is 0 Å². The molecule has 0 amide bonds. The Morgan fingerprint density at radius 1 is 1.06 bits per heavy atom. The van der Waals surface area contributed by atoms with Crippen molar-refractivity contribution >= 4 is 40.5 Å². The van der Waals surface area contributed by atoms with Crippen molar-refractivity contribution in [2.24, 2.45) is 4.99 Å². The number of benzene rings is 3. The summed E-state index contributed by atoms with van der Waals surface area (Å²) in [4.78, 5) is 16.8. The third-order valence-electron chi connectivity index (χ3n) is 4.78. The average Bonchev–Trinajstić information content (AvgIpc) is 3.13. The molecule has 0 bridgehead atoms. The smallest absolute Gasteiger partial charge is 0.363 e. The zero-order chi connectivity index (χ0) is 21.8. The third-order valence-corrected chi connectivity index (χ3v) is 5.58. The van der Waals surface area contributed by atoms with Crippen LogP contribution in [0.3, 0.4) is 0 Å². The largest absolute Gasteiger partial charge is 0.493 e. The average molecular weight is 525 g/mol. The highest BCUT2D eigenvalue weighted by atomic mass is 127. The maximum atomic E-state index is 12.4. The number of hydrogen-bond acceptors (Lipinski definition) is 5. The number of aryl methyl sites for hydroxylation is 1. The van der Waals surface area contributed by atoms with Gasteiger partial charge in [0.05, 0.1) is 10.7 Å². The number of halogens is 1. The summed E-state index contributed by atoms with van der Waals surface area (Å²) >= 11 is 2.20. The van der Waals surface area contributed by atoms with Gasteiger partial charge in [-0.1, -0.05) is 48.5 Å². The zero-order valence-corrected chi connectivity index (χ0v) is 19.3. The van der Waals surface area contributed by atoms with Gasteiger partial charge in [-0.3, -0.25) is 0 Å². The Balaban J connectivity index is 1.61. The second-order valence-electron chi connectivity index (χ2n) is 6.96. The maximum Gasteiger partial charge on any atom is 0.363 e. The summed E-state index contributed by atoms with van der Waals surface area (Å²) in [6, 6.07) is 21.3. The van der Waals surface area contributed by atoms with E-state index in [-0.39, 0.29) is 5.70 Å². The first-order chi connectivity index (χ1) is 15.0. The number of aliphatic imine (C=N–C) groups is 1. The van der Waals surface area contributed by atoms with Crippen molar-refractivity contribution < 1.29 is 19.0 Å². The van der Waals surface area contributed by atoms with E-state index >= 15 is 0 Å². The summed E-state index contributed by atoms with van der Waals surface area (Å²) in [5.41, 5.74) is 3.88. The van der Waals surface area contributed by atoms with Crippen LogP contribution in [0.1, 0.15) is 22.3 Å². The van der Waals surface area contributed by atoms with E-state index in [1.165, 1.54) is 0 Å². The van der Waals surface area contributed by atoms with Gasteiger partial charge < -0.3 is 14.2 Å². The second-order valence-corrected chi connectivity index (χ2v) is 8.12. The molecule has 0 saturated heterocycles. The van der Waals surface area contributed by atoms with E-state index in [2.05, 4.69) is 27.6 Å². The quantitative estimate of drug-likeness (QED) is 0.241. The molecule has 156 valence electrons. The summed E-state index contributed by atoms with van der Waals surface area (Å²) in [7, 11) is 1.59. The van der Waals surface area contributed by atoms with Crippen LogP contribution in [0.5, 0.6) is 11.5 Å². The lowest BCUT2D eigenvalue weighted by Gasteiger charge is -2.13. The van der Waals surface area contributed by atoms with Crippen LogP contribution in [0.15, 0.2) is 77.4 Å². The minimum atomic E-state index is -0.475. The molecule has 0 aromatic heterocycles. The van der Waals surface area contributed by atoms with Gasteiger partial charge in [0.25, 0.3) is 0 Å². The van der Waals surface area contributed by atoms with E-state index in [0.29, 0.717) is 24.0 Å². The van der Waals surface area contributed by atoms with E-state index < -0.39 is 5.97 Å². The fourth-order valence-corrected chi connectivity index (χ4v) is 3.97. The fraction of sp³-hybridized carbons (Fsp3) is 0.120. The number of nitrogens with zero attached hydrogens (tertiary/aromatic N) is 1. The first-order valence-electron chi connectivity index (χ1n) is 9.68. The van der Waals surface area contributed by atoms with Crippen LogP contribution in [-0.4, -0.2) is 19.0 Å². The Morgan fingerprint density at radius 2 is 1.81 bits per heavy atom. The number of cyclic esters (lactones) is 1. The number of carbonyl (C=O) groups excluding carboxylic acids is 1. The number of carbonyl (C=O) groups is 1. The fourth-order valence-electron chi connectivity index (χ4n) is 3.19. The number of rotatable bonds is 6. The Hall–Kier alpha value is -3.13. The van der Waals surface area contributed by atoms with Crippen molar-refractivity contribution in [2.45, 2.75) is 13.5 Å². The van der Waals surface area contributed by atoms with E-state index in [1.807, 2.05) is 73.7 Å². The molecule has 0 saturated carbocycles. The lowest BCUT2D eigenvalue weighted by molar-refractivity contribution is -0.129. The SMILES string of the molecule is COc1cc(/C=C2\N=C(c3ccccc3C)OC2=O)cc(I)c1OCc1ccccc1. The Bertz CT molecular complexity index is 1190. The second kappa shape index (κ2) is 9.34. The molecular weight excluding hydrogens is 505 g/mol. The molecule has 0 N–H and O–H groups in total. The molecule has 3 aromatic carbocycles. The molecule has 0 unspecified atom stereocenters. The van der Waals surface area contributed by atoms with Crippen molar-refractivity contribution in [3.63, 3.8) is 0 Å². The van der Waals surface area contributed by atoms with Gasteiger partial charge in [0.15, 0.2) is 17.2 Å². The molecule has 1 heterocycles. The molecule has 6 heteroatoms. The molecule has 4 rings (SSSR count). The predicted molar refractivity (Wildman–Crippen MR) is 128 cm³/mol. The molecule has 1 aliphatic heterocycles. The molecule has 0 spiro atoms.